The molecule has 6 heteroatoms. The van der Waals surface area contributed by atoms with Crippen LogP contribution in [0.1, 0.15) is 78.8 Å². The van der Waals surface area contributed by atoms with Gasteiger partial charge in [-0.1, -0.05) is 46.5 Å². The minimum Gasteiger partial charge on any atom is -0.508 e. The molecule has 0 radical (unpaired) electrons. The average molecular weight is 417 g/mol. The molecule has 6 N–H and O–H groups in total. The van der Waals surface area contributed by atoms with Gasteiger partial charge in [-0.3, -0.25) is 4.79 Å². The predicted octanol–water partition coefficient (Wildman–Crippen LogP) is 4.63. The summed E-state index contributed by atoms with van der Waals surface area (Å²) in [6.45, 7) is 7.80. The molecule has 0 bridgehead atoms. The number of rotatable bonds is 5. The molecule has 0 heterocycles. The van der Waals surface area contributed by atoms with Gasteiger partial charge >= 0.3 is 0 Å². The van der Waals surface area contributed by atoms with Crippen LogP contribution in [-0.2, 0) is 11.2 Å². The van der Waals surface area contributed by atoms with Crippen LogP contribution in [0.5, 0.6) is 5.75 Å². The van der Waals surface area contributed by atoms with Crippen LogP contribution in [0.2, 0.25) is 0 Å². The van der Waals surface area contributed by atoms with Gasteiger partial charge in [0.15, 0.2) is 0 Å². The zero-order valence-corrected chi connectivity index (χ0v) is 18.9. The minimum absolute atomic E-state index is 0. The van der Waals surface area contributed by atoms with Crippen molar-refractivity contribution in [3.05, 3.63) is 52.9 Å². The number of nitrogens with one attached hydrogen (secondary N) is 1. The second kappa shape index (κ2) is 15.9. The Bertz CT molecular complexity index is 744. The zero-order chi connectivity index (χ0) is 22.9. The van der Waals surface area contributed by atoms with Crippen molar-refractivity contribution >= 4 is 5.91 Å². The Hall–Kier alpha value is -2.94. The van der Waals surface area contributed by atoms with Crippen molar-refractivity contribution in [3.8, 4) is 11.8 Å². The van der Waals surface area contributed by atoms with Crippen LogP contribution < -0.4 is 16.8 Å². The van der Waals surface area contributed by atoms with Crippen molar-refractivity contribution in [1.29, 1.82) is 5.26 Å². The molecule has 0 spiro atoms. The molecule has 0 unspecified atom stereocenters. The highest BCUT2D eigenvalue weighted by Crippen LogP contribution is 2.18. The van der Waals surface area contributed by atoms with E-state index in [1.807, 2.05) is 20.8 Å². The number of allylic oxidation sites excluding steroid dienone is 3. The molecule has 2 rings (SSSR count). The highest BCUT2D eigenvalue weighted by atomic mass is 16.3. The summed E-state index contributed by atoms with van der Waals surface area (Å²) in [7, 11) is 0. The summed E-state index contributed by atoms with van der Waals surface area (Å²) in [6.07, 6.45) is 10.8. The van der Waals surface area contributed by atoms with Gasteiger partial charge in [0.1, 0.15) is 5.75 Å². The molecule has 0 saturated heterocycles. The Morgan fingerprint density at radius 3 is 2.43 bits per heavy atom. The molecule has 30 heavy (non-hydrogen) atoms. The highest BCUT2D eigenvalue weighted by Gasteiger charge is 2.16. The van der Waals surface area contributed by atoms with Gasteiger partial charge in [0.05, 0.1) is 17.3 Å². The lowest BCUT2D eigenvalue weighted by Crippen LogP contribution is -2.38. The number of hydrogen-bond acceptors (Lipinski definition) is 5. The molecule has 6 nitrogen and oxygen atoms in total. The molecule has 1 amide bonds. The fourth-order valence-corrected chi connectivity index (χ4v) is 2.98. The van der Waals surface area contributed by atoms with E-state index in [1.54, 1.807) is 31.2 Å². The number of aromatic hydroxyl groups is 1. The summed E-state index contributed by atoms with van der Waals surface area (Å²) in [5, 5.41) is 20.8. The number of benzene rings is 1. The van der Waals surface area contributed by atoms with Gasteiger partial charge in [-0.25, -0.2) is 0 Å². The Morgan fingerprint density at radius 1 is 1.27 bits per heavy atom. The van der Waals surface area contributed by atoms with E-state index in [0.29, 0.717) is 11.3 Å². The van der Waals surface area contributed by atoms with Crippen molar-refractivity contribution in [1.82, 2.24) is 5.32 Å². The first kappa shape index (κ1) is 27.1. The third-order valence-electron chi connectivity index (χ3n) is 4.46. The molecule has 1 fully saturated rings. The van der Waals surface area contributed by atoms with Crippen molar-refractivity contribution in [2.45, 2.75) is 78.7 Å². The maximum Gasteiger partial charge on any atom is 0.267 e. The van der Waals surface area contributed by atoms with Gasteiger partial charge in [-0.15, -0.1) is 0 Å². The summed E-state index contributed by atoms with van der Waals surface area (Å²) in [4.78, 5) is 11.6. The van der Waals surface area contributed by atoms with Gasteiger partial charge in [0.25, 0.3) is 5.91 Å². The van der Waals surface area contributed by atoms with E-state index in [4.69, 9.17) is 21.8 Å². The van der Waals surface area contributed by atoms with Gasteiger partial charge in [0, 0.05) is 13.2 Å². The number of nitriles is 1. The zero-order valence-electron chi connectivity index (χ0n) is 18.9. The molecule has 1 aliphatic carbocycles. The fourth-order valence-electron chi connectivity index (χ4n) is 2.98. The van der Waals surface area contributed by atoms with Gasteiger partial charge in [0.2, 0.25) is 0 Å². The van der Waals surface area contributed by atoms with Crippen LogP contribution >= 0.6 is 0 Å². The van der Waals surface area contributed by atoms with E-state index < -0.39 is 0 Å². The Balaban J connectivity index is 0. The lowest BCUT2D eigenvalue weighted by molar-refractivity contribution is -0.118. The quantitative estimate of drug-likeness (QED) is 0.411. The number of hydrogen-bond donors (Lipinski definition) is 4. The SMILES string of the molecule is C/C(N)=C/C=C(\N)C(=O)NC1CCCCC1.CC.CCCc1cc(O)ccc1C#N.[HH]. The number of amides is 1. The average Bonchev–Trinajstić information content (AvgIpc) is 2.75. The van der Waals surface area contributed by atoms with Gasteiger partial charge < -0.3 is 21.9 Å². The molecule has 168 valence electrons. The van der Waals surface area contributed by atoms with Crippen molar-refractivity contribution < 1.29 is 11.3 Å². The summed E-state index contributed by atoms with van der Waals surface area (Å²) >= 11 is 0. The Labute approximate surface area is 183 Å². The number of carbonyl (C=O) groups excluding carboxylic acids is 1. The topological polar surface area (TPSA) is 125 Å². The predicted molar refractivity (Wildman–Crippen MR) is 126 cm³/mol. The van der Waals surface area contributed by atoms with E-state index in [-0.39, 0.29) is 24.8 Å². The molecule has 0 aromatic heterocycles. The lowest BCUT2D eigenvalue weighted by Gasteiger charge is -2.22. The van der Waals surface area contributed by atoms with Crippen molar-refractivity contribution in [3.63, 3.8) is 0 Å². The molecular formula is C24H40N4O2. The molecular weight excluding hydrogens is 376 g/mol. The number of carbonyl (C=O) groups is 1. The number of phenolic OH excluding ortho intramolecular Hbond substituents is 1. The maximum absolute atomic E-state index is 11.6. The van der Waals surface area contributed by atoms with Crippen molar-refractivity contribution in [2.75, 3.05) is 0 Å². The normalized spacial score (nSPS) is 14.4. The molecule has 1 aromatic carbocycles. The monoisotopic (exact) mass is 416 g/mol. The molecule has 1 aliphatic rings. The number of phenols is 1. The highest BCUT2D eigenvalue weighted by molar-refractivity contribution is 5.92. The van der Waals surface area contributed by atoms with E-state index in [2.05, 4.69) is 11.4 Å². The van der Waals surface area contributed by atoms with E-state index in [0.717, 1.165) is 31.2 Å². The van der Waals surface area contributed by atoms with E-state index >= 15 is 0 Å². The number of nitrogens with two attached hydrogens (primary N) is 2. The van der Waals surface area contributed by atoms with Crippen LogP contribution in [0.25, 0.3) is 0 Å². The summed E-state index contributed by atoms with van der Waals surface area (Å²) in [5.74, 6) is 0.0434. The Kier molecular flexibility index (Phi) is 14.4. The van der Waals surface area contributed by atoms with Crippen LogP contribution in [0.4, 0.5) is 0 Å². The number of aryl methyl sites for hydroxylation is 1. The first-order chi connectivity index (χ1) is 14.4. The maximum atomic E-state index is 11.6. The van der Waals surface area contributed by atoms with Crippen LogP contribution in [0.15, 0.2) is 41.7 Å². The minimum atomic E-state index is -0.190. The number of nitrogens with zero attached hydrogens (tertiary/aromatic N) is 1. The third-order valence-corrected chi connectivity index (χ3v) is 4.46. The molecule has 1 aromatic rings. The summed E-state index contributed by atoms with van der Waals surface area (Å²) < 4.78 is 0. The second-order valence-electron chi connectivity index (χ2n) is 7.04. The van der Waals surface area contributed by atoms with Crippen molar-refractivity contribution in [2.24, 2.45) is 11.5 Å². The van der Waals surface area contributed by atoms with E-state index in [9.17, 15) is 4.79 Å². The van der Waals surface area contributed by atoms with Gasteiger partial charge in [-0.05, 0) is 62.1 Å². The first-order valence-electron chi connectivity index (χ1n) is 10.8. The third kappa shape index (κ3) is 11.2. The first-order valence-corrected chi connectivity index (χ1v) is 10.8. The standard InChI is InChI=1S/C12H21N3O.C10H11NO.C2H6.H2/c1-9(13)7-8-11(14)12(16)15-10-5-3-2-4-6-10;1-2-3-8-6-10(12)5-4-9(8)7-11;1-2;/h7-8,10H,2-6,13-14H2,1H3,(H,15,16);4-6,12H,2-3H2,1H3;1-2H3;1H/b9-7-,11-8-;;;. The second-order valence-corrected chi connectivity index (χ2v) is 7.04. The molecule has 0 aliphatic heterocycles. The fraction of sp³-hybridized carbons (Fsp3) is 0.500. The molecule has 1 saturated carbocycles. The smallest absolute Gasteiger partial charge is 0.267 e. The van der Waals surface area contributed by atoms with Crippen LogP contribution in [0.3, 0.4) is 0 Å². The summed E-state index contributed by atoms with van der Waals surface area (Å²) in [5.41, 5.74) is 13.5. The lowest BCUT2D eigenvalue weighted by atomic mass is 9.95. The largest absolute Gasteiger partial charge is 0.508 e. The van der Waals surface area contributed by atoms with Crippen LogP contribution in [0, 0.1) is 11.3 Å². The Morgan fingerprint density at radius 2 is 1.90 bits per heavy atom. The molecule has 0 atom stereocenters. The summed E-state index contributed by atoms with van der Waals surface area (Å²) in [6, 6.07) is 7.23. The van der Waals surface area contributed by atoms with Gasteiger partial charge in [-0.2, -0.15) is 5.26 Å². The van der Waals surface area contributed by atoms with Crippen LogP contribution in [-0.4, -0.2) is 17.1 Å². The van der Waals surface area contributed by atoms with E-state index in [1.165, 1.54) is 25.3 Å².